The molecule has 1 saturated heterocycles. The van der Waals surface area contributed by atoms with E-state index in [9.17, 15) is 14.0 Å². The molecule has 1 fully saturated rings. The molecular formula is C18H21FN2O3. The molecule has 2 aliphatic rings. The minimum atomic E-state index is -0.836. The van der Waals surface area contributed by atoms with E-state index in [0.29, 0.717) is 29.7 Å². The zero-order chi connectivity index (χ0) is 17.3. The van der Waals surface area contributed by atoms with Gasteiger partial charge in [0.2, 0.25) is 0 Å². The standard InChI is InChI=1S/C18H21FN2O3/c1-3-21-10-8-18(9-11-21)15(12(2)17(23)24-18)16(22)20-14-6-4-13(19)5-7-14/h4-7H,3,8-11H2,1-2H3,(H,20,22). The maximum Gasteiger partial charge on any atom is 0.335 e. The Labute approximate surface area is 140 Å². The van der Waals surface area contributed by atoms with Crippen LogP contribution in [-0.4, -0.2) is 42.0 Å². The van der Waals surface area contributed by atoms with Crippen LogP contribution in [-0.2, 0) is 14.3 Å². The van der Waals surface area contributed by atoms with Gasteiger partial charge in [-0.25, -0.2) is 9.18 Å². The molecule has 1 aromatic carbocycles. The van der Waals surface area contributed by atoms with Crippen molar-refractivity contribution >= 4 is 17.6 Å². The van der Waals surface area contributed by atoms with E-state index in [1.807, 2.05) is 0 Å². The predicted octanol–water partition coefficient (Wildman–Crippen LogP) is 2.49. The number of hydrogen-bond acceptors (Lipinski definition) is 4. The molecule has 0 atom stereocenters. The fourth-order valence-corrected chi connectivity index (χ4v) is 3.44. The molecule has 0 bridgehead atoms. The van der Waals surface area contributed by atoms with Crippen molar-refractivity contribution < 1.29 is 18.7 Å². The molecule has 1 N–H and O–H groups in total. The molecule has 24 heavy (non-hydrogen) atoms. The number of benzene rings is 1. The number of piperidine rings is 1. The zero-order valence-corrected chi connectivity index (χ0v) is 13.9. The first-order valence-electron chi connectivity index (χ1n) is 8.19. The first-order valence-corrected chi connectivity index (χ1v) is 8.19. The summed E-state index contributed by atoms with van der Waals surface area (Å²) in [4.78, 5) is 27.1. The van der Waals surface area contributed by atoms with Crippen LogP contribution in [0.25, 0.3) is 0 Å². The average molecular weight is 332 g/mol. The summed E-state index contributed by atoms with van der Waals surface area (Å²) in [7, 11) is 0. The molecule has 0 saturated carbocycles. The van der Waals surface area contributed by atoms with Gasteiger partial charge in [-0.2, -0.15) is 0 Å². The molecule has 5 nitrogen and oxygen atoms in total. The molecular weight excluding hydrogens is 311 g/mol. The second-order valence-corrected chi connectivity index (χ2v) is 6.28. The fraction of sp³-hybridized carbons (Fsp3) is 0.444. The van der Waals surface area contributed by atoms with Gasteiger partial charge < -0.3 is 15.0 Å². The molecule has 2 heterocycles. The van der Waals surface area contributed by atoms with Gasteiger partial charge in [0.05, 0.1) is 5.57 Å². The van der Waals surface area contributed by atoms with Crippen molar-refractivity contribution in [3.63, 3.8) is 0 Å². The van der Waals surface area contributed by atoms with Crippen LogP contribution in [0.1, 0.15) is 26.7 Å². The number of carbonyl (C=O) groups is 2. The Morgan fingerprint density at radius 3 is 2.50 bits per heavy atom. The summed E-state index contributed by atoms with van der Waals surface area (Å²) in [6.07, 6.45) is 1.21. The lowest BCUT2D eigenvalue weighted by atomic mass is 9.82. The van der Waals surface area contributed by atoms with E-state index < -0.39 is 11.6 Å². The Hall–Kier alpha value is -2.21. The molecule has 1 aromatic rings. The molecule has 0 unspecified atom stereocenters. The Kier molecular flexibility index (Phi) is 4.41. The summed E-state index contributed by atoms with van der Waals surface area (Å²) in [5.41, 5.74) is 0.422. The van der Waals surface area contributed by atoms with Gasteiger partial charge >= 0.3 is 5.97 Å². The van der Waals surface area contributed by atoms with Crippen LogP contribution in [0.3, 0.4) is 0 Å². The van der Waals surface area contributed by atoms with E-state index >= 15 is 0 Å². The lowest BCUT2D eigenvalue weighted by Crippen LogP contribution is -2.47. The summed E-state index contributed by atoms with van der Waals surface area (Å²) < 4.78 is 18.6. The van der Waals surface area contributed by atoms with Crippen LogP contribution >= 0.6 is 0 Å². The minimum Gasteiger partial charge on any atom is -0.450 e. The van der Waals surface area contributed by atoms with Gasteiger partial charge in [0, 0.05) is 37.2 Å². The van der Waals surface area contributed by atoms with Crippen molar-refractivity contribution in [2.75, 3.05) is 25.0 Å². The number of esters is 1. The van der Waals surface area contributed by atoms with Crippen molar-refractivity contribution in [3.8, 4) is 0 Å². The smallest absolute Gasteiger partial charge is 0.335 e. The fourth-order valence-electron chi connectivity index (χ4n) is 3.44. The average Bonchev–Trinajstić information content (AvgIpc) is 2.81. The summed E-state index contributed by atoms with van der Waals surface area (Å²) >= 11 is 0. The minimum absolute atomic E-state index is 0.352. The first kappa shape index (κ1) is 16.6. The third-order valence-corrected chi connectivity index (χ3v) is 4.86. The SMILES string of the molecule is CCN1CCC2(CC1)OC(=O)C(C)=C2C(=O)Nc1ccc(F)cc1. The highest BCUT2D eigenvalue weighted by atomic mass is 19.1. The van der Waals surface area contributed by atoms with Crippen LogP contribution in [0.15, 0.2) is 35.4 Å². The molecule has 128 valence electrons. The van der Waals surface area contributed by atoms with Gasteiger partial charge in [-0.15, -0.1) is 0 Å². The van der Waals surface area contributed by atoms with Crippen molar-refractivity contribution in [1.29, 1.82) is 0 Å². The van der Waals surface area contributed by atoms with E-state index in [1.165, 1.54) is 24.3 Å². The Bertz CT molecular complexity index is 689. The van der Waals surface area contributed by atoms with E-state index in [2.05, 4.69) is 17.1 Å². The number of rotatable bonds is 3. The number of halogens is 1. The number of carbonyl (C=O) groups excluding carboxylic acids is 2. The number of amides is 1. The maximum absolute atomic E-state index is 13.0. The summed E-state index contributed by atoms with van der Waals surface area (Å²) in [5.74, 6) is -1.15. The van der Waals surface area contributed by atoms with Crippen LogP contribution < -0.4 is 5.32 Å². The molecule has 0 aromatic heterocycles. The van der Waals surface area contributed by atoms with Crippen LogP contribution in [0.5, 0.6) is 0 Å². The van der Waals surface area contributed by atoms with Crippen molar-refractivity contribution in [1.82, 2.24) is 4.90 Å². The summed E-state index contributed by atoms with van der Waals surface area (Å²) in [6.45, 7) is 6.21. The highest BCUT2D eigenvalue weighted by molar-refractivity contribution is 6.12. The Morgan fingerprint density at radius 1 is 1.29 bits per heavy atom. The summed E-state index contributed by atoms with van der Waals surface area (Å²) in [5, 5.41) is 2.75. The monoisotopic (exact) mass is 332 g/mol. The topological polar surface area (TPSA) is 58.6 Å². The Balaban J connectivity index is 1.84. The van der Waals surface area contributed by atoms with Crippen LogP contribution in [0, 0.1) is 5.82 Å². The molecule has 3 rings (SSSR count). The zero-order valence-electron chi connectivity index (χ0n) is 13.9. The van der Waals surface area contributed by atoms with Gasteiger partial charge in [0.25, 0.3) is 5.91 Å². The van der Waals surface area contributed by atoms with Crippen molar-refractivity contribution in [2.24, 2.45) is 0 Å². The molecule has 1 amide bonds. The van der Waals surface area contributed by atoms with E-state index in [0.717, 1.165) is 19.6 Å². The molecule has 0 aliphatic carbocycles. The third-order valence-electron chi connectivity index (χ3n) is 4.86. The van der Waals surface area contributed by atoms with Crippen molar-refractivity contribution in [2.45, 2.75) is 32.3 Å². The number of hydrogen-bond donors (Lipinski definition) is 1. The van der Waals surface area contributed by atoms with E-state index in [4.69, 9.17) is 4.74 Å². The van der Waals surface area contributed by atoms with E-state index in [1.54, 1.807) is 6.92 Å². The second-order valence-electron chi connectivity index (χ2n) is 6.28. The number of likely N-dealkylation sites (tertiary alicyclic amines) is 1. The third kappa shape index (κ3) is 2.94. The maximum atomic E-state index is 13.0. The first-order chi connectivity index (χ1) is 11.4. The largest absolute Gasteiger partial charge is 0.450 e. The molecule has 1 spiro atoms. The number of nitrogens with zero attached hydrogens (tertiary/aromatic N) is 1. The van der Waals surface area contributed by atoms with E-state index in [-0.39, 0.29) is 11.7 Å². The predicted molar refractivity (Wildman–Crippen MR) is 87.9 cm³/mol. The number of anilines is 1. The summed E-state index contributed by atoms with van der Waals surface area (Å²) in [6, 6.07) is 5.55. The van der Waals surface area contributed by atoms with Gasteiger partial charge in [-0.05, 0) is 37.7 Å². The van der Waals surface area contributed by atoms with Crippen LogP contribution in [0.2, 0.25) is 0 Å². The Morgan fingerprint density at radius 2 is 1.92 bits per heavy atom. The lowest BCUT2D eigenvalue weighted by Gasteiger charge is -2.38. The lowest BCUT2D eigenvalue weighted by molar-refractivity contribution is -0.150. The second kappa shape index (κ2) is 6.36. The number of ether oxygens (including phenoxy) is 1. The quantitative estimate of drug-likeness (QED) is 0.864. The van der Waals surface area contributed by atoms with Crippen LogP contribution in [0.4, 0.5) is 10.1 Å². The number of nitrogens with one attached hydrogen (secondary N) is 1. The van der Waals surface area contributed by atoms with Gasteiger partial charge in [-0.3, -0.25) is 4.79 Å². The van der Waals surface area contributed by atoms with Gasteiger partial charge in [0.1, 0.15) is 11.4 Å². The van der Waals surface area contributed by atoms with Crippen molar-refractivity contribution in [3.05, 3.63) is 41.2 Å². The highest BCUT2D eigenvalue weighted by Crippen LogP contribution is 2.41. The molecule has 2 aliphatic heterocycles. The van der Waals surface area contributed by atoms with Gasteiger partial charge in [0.15, 0.2) is 0 Å². The van der Waals surface area contributed by atoms with Gasteiger partial charge in [-0.1, -0.05) is 6.92 Å². The molecule has 6 heteroatoms. The molecule has 0 radical (unpaired) electrons. The normalized spacial score (nSPS) is 20.4. The highest BCUT2D eigenvalue weighted by Gasteiger charge is 2.50.